The van der Waals surface area contributed by atoms with Gasteiger partial charge in [0.05, 0.1) is 22.7 Å². The minimum absolute atomic E-state index is 0.645. The van der Waals surface area contributed by atoms with Crippen LogP contribution in [0.4, 0.5) is 0 Å². The first-order valence-corrected chi connectivity index (χ1v) is 6.32. The fraction of sp³-hybridized carbons (Fsp3) is 0.0667. The summed E-state index contributed by atoms with van der Waals surface area (Å²) in [5, 5.41) is 8.84. The van der Waals surface area contributed by atoms with Gasteiger partial charge >= 0.3 is 0 Å². The molecular weight excluding hydrogens is 254 g/mol. The predicted octanol–water partition coefficient (Wildman–Crippen LogP) is 3.87. The molecule has 1 heterocycles. The van der Waals surface area contributed by atoms with Crippen LogP contribution in [-0.2, 0) is 0 Å². The van der Waals surface area contributed by atoms with Crippen molar-refractivity contribution < 1.29 is 0 Å². The summed E-state index contributed by atoms with van der Waals surface area (Å²) in [6, 6.07) is 15.7. The van der Waals surface area contributed by atoms with Crippen LogP contribution >= 0.6 is 12.2 Å². The van der Waals surface area contributed by atoms with Gasteiger partial charge in [0.25, 0.3) is 0 Å². The Hall–Kier alpha value is -2.38. The lowest BCUT2D eigenvalue weighted by atomic mass is 10.2. The molecule has 0 fully saturated rings. The molecule has 3 nitrogen and oxygen atoms in total. The van der Waals surface area contributed by atoms with Crippen LogP contribution in [0, 0.1) is 23.0 Å². The zero-order valence-corrected chi connectivity index (χ0v) is 11.2. The summed E-state index contributed by atoms with van der Waals surface area (Å²) in [4.78, 5) is 3.19. The Bertz CT molecular complexity index is 848. The molecular formula is C15H11N3S. The quantitative estimate of drug-likeness (QED) is 0.679. The highest BCUT2D eigenvalue weighted by atomic mass is 32.1. The number of fused-ring (bicyclic) bond motifs is 1. The Morgan fingerprint density at radius 3 is 2.58 bits per heavy atom. The van der Waals surface area contributed by atoms with E-state index in [1.165, 1.54) is 5.56 Å². The van der Waals surface area contributed by atoms with Crippen molar-refractivity contribution in [3.8, 4) is 11.8 Å². The highest BCUT2D eigenvalue weighted by molar-refractivity contribution is 7.71. The monoisotopic (exact) mass is 265 g/mol. The molecule has 0 bridgehead atoms. The van der Waals surface area contributed by atoms with E-state index in [-0.39, 0.29) is 0 Å². The number of nitriles is 1. The van der Waals surface area contributed by atoms with Crippen molar-refractivity contribution in [3.05, 3.63) is 58.4 Å². The largest absolute Gasteiger partial charge is 0.330 e. The molecule has 0 aliphatic heterocycles. The van der Waals surface area contributed by atoms with E-state index in [1.807, 2.05) is 22.8 Å². The van der Waals surface area contributed by atoms with Gasteiger partial charge in [-0.05, 0) is 61.1 Å². The second kappa shape index (κ2) is 4.38. The number of aromatic nitrogens is 2. The summed E-state index contributed by atoms with van der Waals surface area (Å²) >= 11 is 5.38. The summed E-state index contributed by atoms with van der Waals surface area (Å²) < 4.78 is 2.64. The van der Waals surface area contributed by atoms with Crippen molar-refractivity contribution in [2.45, 2.75) is 6.92 Å². The van der Waals surface area contributed by atoms with Gasteiger partial charge in [0, 0.05) is 5.69 Å². The molecule has 92 valence electrons. The van der Waals surface area contributed by atoms with Crippen molar-refractivity contribution in [1.29, 1.82) is 5.26 Å². The number of nitrogens with one attached hydrogen (secondary N) is 1. The molecule has 19 heavy (non-hydrogen) atoms. The van der Waals surface area contributed by atoms with Gasteiger partial charge in [-0.1, -0.05) is 6.07 Å². The number of H-pyrrole nitrogens is 1. The van der Waals surface area contributed by atoms with Crippen LogP contribution in [0.1, 0.15) is 11.1 Å². The number of aryl methyl sites for hydroxylation is 1. The fourth-order valence-electron chi connectivity index (χ4n) is 2.15. The molecule has 0 saturated carbocycles. The predicted molar refractivity (Wildman–Crippen MR) is 77.9 cm³/mol. The van der Waals surface area contributed by atoms with Gasteiger partial charge in [-0.3, -0.25) is 4.57 Å². The maximum atomic E-state index is 8.84. The zero-order chi connectivity index (χ0) is 13.4. The summed E-state index contributed by atoms with van der Waals surface area (Å²) in [6.07, 6.45) is 0. The first-order chi connectivity index (χ1) is 9.19. The van der Waals surface area contributed by atoms with Gasteiger partial charge < -0.3 is 4.98 Å². The first-order valence-electron chi connectivity index (χ1n) is 5.91. The van der Waals surface area contributed by atoms with Gasteiger partial charge in [0.1, 0.15) is 0 Å². The van der Waals surface area contributed by atoms with E-state index in [1.54, 1.807) is 12.1 Å². The molecule has 0 amide bonds. The number of aromatic amines is 1. The van der Waals surface area contributed by atoms with Crippen molar-refractivity contribution >= 4 is 23.3 Å². The average Bonchev–Trinajstić information content (AvgIpc) is 2.74. The Kier molecular flexibility index (Phi) is 2.69. The summed E-state index contributed by atoms with van der Waals surface area (Å²) in [7, 11) is 0. The molecule has 4 heteroatoms. The lowest BCUT2D eigenvalue weighted by Gasteiger charge is -2.05. The average molecular weight is 265 g/mol. The van der Waals surface area contributed by atoms with Gasteiger partial charge in [-0.15, -0.1) is 0 Å². The molecule has 0 aliphatic carbocycles. The molecule has 3 rings (SSSR count). The molecule has 0 unspecified atom stereocenters. The molecule has 0 radical (unpaired) electrons. The van der Waals surface area contributed by atoms with E-state index in [2.05, 4.69) is 30.1 Å². The molecule has 3 aromatic rings. The van der Waals surface area contributed by atoms with Crippen LogP contribution in [-0.4, -0.2) is 9.55 Å². The van der Waals surface area contributed by atoms with Crippen LogP contribution in [0.3, 0.4) is 0 Å². The van der Waals surface area contributed by atoms with E-state index >= 15 is 0 Å². The molecule has 1 N–H and O–H groups in total. The number of rotatable bonds is 1. The molecule has 0 saturated heterocycles. The van der Waals surface area contributed by atoms with Crippen LogP contribution < -0.4 is 0 Å². The molecule has 2 aromatic carbocycles. The third-order valence-electron chi connectivity index (χ3n) is 3.09. The lowest BCUT2D eigenvalue weighted by molar-refractivity contribution is 1.06. The molecule has 0 atom stereocenters. The number of hydrogen-bond donors (Lipinski definition) is 1. The smallest absolute Gasteiger partial charge is 0.182 e. The standard InChI is InChI=1S/C15H11N3S/c1-10-2-7-13-14(8-10)18(15(19)17-13)12-5-3-11(9-16)4-6-12/h2-8H,1H3,(H,17,19). The van der Waals surface area contributed by atoms with Crippen LogP contribution in [0.2, 0.25) is 0 Å². The number of benzene rings is 2. The highest BCUT2D eigenvalue weighted by Gasteiger charge is 2.06. The van der Waals surface area contributed by atoms with Crippen molar-refractivity contribution in [1.82, 2.24) is 9.55 Å². The number of nitrogens with zero attached hydrogens (tertiary/aromatic N) is 2. The number of imidazole rings is 1. The van der Waals surface area contributed by atoms with Gasteiger partial charge in [0.15, 0.2) is 4.77 Å². The van der Waals surface area contributed by atoms with Crippen LogP contribution in [0.15, 0.2) is 42.5 Å². The van der Waals surface area contributed by atoms with E-state index in [9.17, 15) is 0 Å². The molecule has 1 aromatic heterocycles. The van der Waals surface area contributed by atoms with Crippen molar-refractivity contribution in [2.24, 2.45) is 0 Å². The first kappa shape index (κ1) is 11.7. The summed E-state index contributed by atoms with van der Waals surface area (Å²) in [5.41, 5.74) is 4.85. The normalized spacial score (nSPS) is 10.5. The summed E-state index contributed by atoms with van der Waals surface area (Å²) in [5.74, 6) is 0. The topological polar surface area (TPSA) is 44.5 Å². The SMILES string of the molecule is Cc1ccc2[nH]c(=S)n(-c3ccc(C#N)cc3)c2c1. The Labute approximate surface area is 115 Å². The molecule has 0 aliphatic rings. The Morgan fingerprint density at radius 1 is 1.16 bits per heavy atom. The second-order valence-electron chi connectivity index (χ2n) is 4.44. The third-order valence-corrected chi connectivity index (χ3v) is 3.38. The summed E-state index contributed by atoms with van der Waals surface area (Å²) in [6.45, 7) is 2.05. The minimum atomic E-state index is 0.645. The van der Waals surface area contributed by atoms with E-state index in [4.69, 9.17) is 17.5 Å². The van der Waals surface area contributed by atoms with Gasteiger partial charge in [-0.25, -0.2) is 0 Å². The maximum Gasteiger partial charge on any atom is 0.182 e. The van der Waals surface area contributed by atoms with E-state index in [0.29, 0.717) is 10.3 Å². The maximum absolute atomic E-state index is 8.84. The van der Waals surface area contributed by atoms with E-state index < -0.39 is 0 Å². The lowest BCUT2D eigenvalue weighted by Crippen LogP contribution is -1.94. The van der Waals surface area contributed by atoms with Crippen molar-refractivity contribution in [2.75, 3.05) is 0 Å². The fourth-order valence-corrected chi connectivity index (χ4v) is 2.47. The third kappa shape index (κ3) is 1.94. The van der Waals surface area contributed by atoms with Crippen LogP contribution in [0.5, 0.6) is 0 Å². The van der Waals surface area contributed by atoms with Gasteiger partial charge in [-0.2, -0.15) is 5.26 Å². The van der Waals surface area contributed by atoms with E-state index in [0.717, 1.165) is 16.7 Å². The minimum Gasteiger partial charge on any atom is -0.330 e. The second-order valence-corrected chi connectivity index (χ2v) is 4.83. The number of hydrogen-bond acceptors (Lipinski definition) is 2. The van der Waals surface area contributed by atoms with Crippen molar-refractivity contribution in [3.63, 3.8) is 0 Å². The Morgan fingerprint density at radius 2 is 1.89 bits per heavy atom. The highest BCUT2D eigenvalue weighted by Crippen LogP contribution is 2.21. The van der Waals surface area contributed by atoms with Gasteiger partial charge in [0.2, 0.25) is 0 Å². The Balaban J connectivity index is 2.29. The zero-order valence-electron chi connectivity index (χ0n) is 10.3. The van der Waals surface area contributed by atoms with Crippen LogP contribution in [0.25, 0.3) is 16.7 Å². The molecule has 0 spiro atoms.